The Labute approximate surface area is 328 Å². The SMILES string of the molecule is CC1CC(Cc2ncc(C#Cc3ccc(C#Cc4cnc(C5CC(CO[Si](C)(C)C(C)(C)C)CN5C(=O)OC(C)(C)C)[nH]4)cc3)[nH]2)N(C(=O)OC(C)(C)C)C1. The van der Waals surface area contributed by atoms with Gasteiger partial charge >= 0.3 is 12.2 Å². The molecule has 2 aliphatic heterocycles. The van der Waals surface area contributed by atoms with Gasteiger partial charge in [-0.3, -0.25) is 4.90 Å². The van der Waals surface area contributed by atoms with E-state index in [0.717, 1.165) is 29.8 Å². The van der Waals surface area contributed by atoms with Crippen molar-refractivity contribution in [3.05, 3.63) is 70.8 Å². The summed E-state index contributed by atoms with van der Waals surface area (Å²) in [5, 5.41) is 0.105. The molecule has 4 atom stereocenters. The Morgan fingerprint density at radius 1 is 0.782 bits per heavy atom. The second-order valence-corrected chi connectivity index (χ2v) is 23.5. The molecule has 2 N–H and O–H groups in total. The molecule has 2 saturated heterocycles. The van der Waals surface area contributed by atoms with E-state index in [1.165, 1.54) is 0 Å². The molecule has 5 rings (SSSR count). The molecule has 0 radical (unpaired) electrons. The number of nitrogens with one attached hydrogen (secondary N) is 2. The number of likely N-dealkylation sites (tertiary alicyclic amines) is 2. The normalized spacial score (nSPS) is 20.4. The maximum atomic E-state index is 13.3. The van der Waals surface area contributed by atoms with E-state index < -0.39 is 19.5 Å². The third-order valence-corrected chi connectivity index (χ3v) is 14.8. The van der Waals surface area contributed by atoms with Crippen LogP contribution in [0.2, 0.25) is 18.1 Å². The summed E-state index contributed by atoms with van der Waals surface area (Å²) >= 11 is 0. The number of amides is 2. The largest absolute Gasteiger partial charge is 0.444 e. The van der Waals surface area contributed by atoms with E-state index in [4.69, 9.17) is 13.9 Å². The molecule has 2 aromatic heterocycles. The van der Waals surface area contributed by atoms with Crippen LogP contribution in [0.25, 0.3) is 0 Å². The van der Waals surface area contributed by atoms with Gasteiger partial charge in [-0.1, -0.05) is 39.5 Å². The van der Waals surface area contributed by atoms with Crippen molar-refractivity contribution in [1.82, 2.24) is 29.7 Å². The lowest BCUT2D eigenvalue weighted by Gasteiger charge is -2.37. The average Bonchev–Trinajstić information content (AvgIpc) is 3.87. The van der Waals surface area contributed by atoms with Gasteiger partial charge in [0.2, 0.25) is 0 Å². The van der Waals surface area contributed by atoms with Crippen LogP contribution in [0.3, 0.4) is 0 Å². The van der Waals surface area contributed by atoms with Crippen LogP contribution in [0.1, 0.15) is 122 Å². The Morgan fingerprint density at radius 2 is 1.33 bits per heavy atom. The minimum Gasteiger partial charge on any atom is -0.444 e. The Balaban J connectivity index is 1.20. The van der Waals surface area contributed by atoms with Gasteiger partial charge in [0.05, 0.1) is 18.4 Å². The fourth-order valence-electron chi connectivity index (χ4n) is 6.50. The van der Waals surface area contributed by atoms with Gasteiger partial charge in [0.1, 0.15) is 34.2 Å². The number of aromatic nitrogens is 4. The fraction of sp³-hybridized carbons (Fsp3) is 0.581. The van der Waals surface area contributed by atoms with Gasteiger partial charge in [0.15, 0.2) is 8.32 Å². The highest BCUT2D eigenvalue weighted by Crippen LogP contribution is 2.40. The summed E-state index contributed by atoms with van der Waals surface area (Å²) in [4.78, 5) is 45.6. The summed E-state index contributed by atoms with van der Waals surface area (Å²) in [6.07, 6.45) is 5.07. The topological polar surface area (TPSA) is 126 Å². The van der Waals surface area contributed by atoms with E-state index in [1.54, 1.807) is 17.3 Å². The molecule has 0 aliphatic carbocycles. The van der Waals surface area contributed by atoms with Crippen molar-refractivity contribution in [1.29, 1.82) is 0 Å². The molecule has 296 valence electrons. The molecule has 4 heterocycles. The summed E-state index contributed by atoms with van der Waals surface area (Å²) in [6, 6.07) is 7.52. The zero-order valence-electron chi connectivity index (χ0n) is 34.8. The van der Waals surface area contributed by atoms with E-state index in [1.807, 2.05) is 70.7 Å². The van der Waals surface area contributed by atoms with E-state index in [2.05, 4.69) is 84.4 Å². The number of benzene rings is 1. The van der Waals surface area contributed by atoms with Crippen molar-refractivity contribution >= 4 is 20.5 Å². The minimum atomic E-state index is -1.94. The monoisotopic (exact) mass is 768 g/mol. The molecule has 1 aromatic carbocycles. The number of H-pyrrole nitrogens is 2. The molecule has 12 heteroatoms. The molecule has 11 nitrogen and oxygen atoms in total. The molecule has 0 saturated carbocycles. The highest BCUT2D eigenvalue weighted by atomic mass is 28.4. The number of rotatable bonds is 6. The van der Waals surface area contributed by atoms with Gasteiger partial charge in [0.25, 0.3) is 0 Å². The quantitative estimate of drug-likeness (QED) is 0.191. The number of imidazole rings is 2. The molecule has 2 aliphatic rings. The highest BCUT2D eigenvalue weighted by molar-refractivity contribution is 6.74. The summed E-state index contributed by atoms with van der Waals surface area (Å²) in [5.41, 5.74) is 1.92. The number of ether oxygens (including phenoxy) is 2. The van der Waals surface area contributed by atoms with Crippen LogP contribution in [-0.2, 0) is 20.3 Å². The highest BCUT2D eigenvalue weighted by Gasteiger charge is 2.43. The molecular formula is C43H60N6O5Si. The van der Waals surface area contributed by atoms with Crippen molar-refractivity contribution in [2.24, 2.45) is 11.8 Å². The van der Waals surface area contributed by atoms with Crippen LogP contribution in [0.15, 0.2) is 36.7 Å². The zero-order chi connectivity index (χ0) is 40.3. The van der Waals surface area contributed by atoms with Crippen molar-refractivity contribution < 1.29 is 23.5 Å². The lowest BCUT2D eigenvalue weighted by Crippen LogP contribution is -2.42. The van der Waals surface area contributed by atoms with E-state index >= 15 is 0 Å². The Kier molecular flexibility index (Phi) is 12.3. The lowest BCUT2D eigenvalue weighted by atomic mass is 10.1. The molecule has 55 heavy (non-hydrogen) atoms. The standard InChI is InChI=1S/C43H60N6O5Si/c1-29-21-35(48(26-29)39(50)53-41(2,3)4)23-37-44-24-33(46-37)19-17-30-13-15-31(16-14-30)18-20-34-25-45-38(47-34)36-22-32(28-52-55(11,12)43(8,9)10)27-49(36)40(51)54-42(5,6)7/h13-16,24-25,29,32,35-36H,21-23,26-28H2,1-12H3,(H,44,46)(H,45,47). The average molecular weight is 769 g/mol. The van der Waals surface area contributed by atoms with Crippen LogP contribution in [0.5, 0.6) is 0 Å². The van der Waals surface area contributed by atoms with Gasteiger partial charge in [-0.15, -0.1) is 0 Å². The van der Waals surface area contributed by atoms with Crippen LogP contribution in [0, 0.1) is 35.5 Å². The van der Waals surface area contributed by atoms with Crippen LogP contribution in [0.4, 0.5) is 9.59 Å². The molecule has 3 aromatic rings. The number of hydrogen-bond acceptors (Lipinski definition) is 7. The fourth-order valence-corrected chi connectivity index (χ4v) is 7.58. The van der Waals surface area contributed by atoms with Gasteiger partial charge in [0, 0.05) is 49.2 Å². The van der Waals surface area contributed by atoms with E-state index in [-0.39, 0.29) is 35.2 Å². The first-order valence-electron chi connectivity index (χ1n) is 19.4. The minimum absolute atomic E-state index is 0.0262. The summed E-state index contributed by atoms with van der Waals surface area (Å²) in [5.74, 6) is 14.8. The molecule has 4 unspecified atom stereocenters. The summed E-state index contributed by atoms with van der Waals surface area (Å²) in [7, 11) is -1.94. The number of carbonyl (C=O) groups excluding carboxylic acids is 2. The summed E-state index contributed by atoms with van der Waals surface area (Å²) in [6.45, 7) is 26.5. The van der Waals surface area contributed by atoms with Gasteiger partial charge in [-0.2, -0.15) is 0 Å². The van der Waals surface area contributed by atoms with Gasteiger partial charge in [-0.05, 0) is 115 Å². The van der Waals surface area contributed by atoms with Crippen LogP contribution < -0.4 is 0 Å². The number of aromatic amines is 2. The number of nitrogens with zero attached hydrogens (tertiary/aromatic N) is 4. The second kappa shape index (κ2) is 16.3. The van der Waals surface area contributed by atoms with Crippen molar-refractivity contribution in [2.75, 3.05) is 19.7 Å². The smallest absolute Gasteiger partial charge is 0.410 e. The van der Waals surface area contributed by atoms with Gasteiger partial charge in [-0.25, -0.2) is 19.6 Å². The molecule has 2 fully saturated rings. The van der Waals surface area contributed by atoms with E-state index in [0.29, 0.717) is 49.2 Å². The Hall–Kier alpha value is -4.52. The first-order chi connectivity index (χ1) is 25.5. The van der Waals surface area contributed by atoms with Crippen LogP contribution in [-0.4, -0.2) is 87.2 Å². The predicted molar refractivity (Wildman–Crippen MR) is 217 cm³/mol. The number of carbonyl (C=O) groups is 2. The van der Waals surface area contributed by atoms with E-state index in [9.17, 15) is 9.59 Å². The molecular weight excluding hydrogens is 709 g/mol. The van der Waals surface area contributed by atoms with Gasteiger partial charge < -0.3 is 28.8 Å². The third kappa shape index (κ3) is 11.5. The molecule has 2 amide bonds. The maximum absolute atomic E-state index is 13.3. The molecule has 0 bridgehead atoms. The Morgan fingerprint density at radius 3 is 1.89 bits per heavy atom. The first kappa shape index (κ1) is 41.6. The molecule has 0 spiro atoms. The third-order valence-electron chi connectivity index (χ3n) is 10.3. The Bertz CT molecular complexity index is 1940. The predicted octanol–water partition coefficient (Wildman–Crippen LogP) is 8.44. The zero-order valence-corrected chi connectivity index (χ0v) is 35.8. The van der Waals surface area contributed by atoms with Crippen LogP contribution >= 0.6 is 0 Å². The van der Waals surface area contributed by atoms with Crippen molar-refractivity contribution in [2.45, 2.75) is 130 Å². The van der Waals surface area contributed by atoms with Crippen molar-refractivity contribution in [3.63, 3.8) is 0 Å². The second-order valence-electron chi connectivity index (χ2n) is 18.7. The van der Waals surface area contributed by atoms with Crippen molar-refractivity contribution in [3.8, 4) is 23.7 Å². The maximum Gasteiger partial charge on any atom is 0.410 e. The first-order valence-corrected chi connectivity index (χ1v) is 22.3. The number of hydrogen-bond donors (Lipinski definition) is 2. The lowest BCUT2D eigenvalue weighted by molar-refractivity contribution is 0.0204. The summed E-state index contributed by atoms with van der Waals surface area (Å²) < 4.78 is 18.0.